The first-order valence-corrected chi connectivity index (χ1v) is 9.50. The molecule has 3 aromatic rings. The first-order chi connectivity index (χ1) is 12.3. The van der Waals surface area contributed by atoms with E-state index in [0.717, 1.165) is 17.1 Å². The standard InChI is InChI=1S/C17H13FN2O3S2/c18-12-3-1-2-4-15(12)24-7-8-25-17-20-19-16(23-17)11-5-6-13-14(9-11)22-10-21-13/h1-6,9H,7-8,10H2. The Kier molecular flexibility index (Phi) is 4.80. The Bertz CT molecular complexity index is 888. The van der Waals surface area contributed by atoms with Gasteiger partial charge in [-0.2, -0.15) is 0 Å². The fraction of sp³-hybridized carbons (Fsp3) is 0.176. The van der Waals surface area contributed by atoms with Crippen molar-refractivity contribution in [2.75, 3.05) is 18.3 Å². The molecule has 0 spiro atoms. The van der Waals surface area contributed by atoms with Gasteiger partial charge in [0.2, 0.25) is 12.7 Å². The fourth-order valence-electron chi connectivity index (χ4n) is 2.26. The molecule has 2 heterocycles. The van der Waals surface area contributed by atoms with Crippen molar-refractivity contribution in [1.29, 1.82) is 0 Å². The summed E-state index contributed by atoms with van der Waals surface area (Å²) in [6.07, 6.45) is 0. The van der Waals surface area contributed by atoms with Crippen LogP contribution in [0.4, 0.5) is 4.39 Å². The highest BCUT2D eigenvalue weighted by molar-refractivity contribution is 8.02. The zero-order valence-corrected chi connectivity index (χ0v) is 14.6. The summed E-state index contributed by atoms with van der Waals surface area (Å²) < 4.78 is 29.8. The Balaban J connectivity index is 1.33. The van der Waals surface area contributed by atoms with Crippen molar-refractivity contribution in [3.63, 3.8) is 0 Å². The summed E-state index contributed by atoms with van der Waals surface area (Å²) >= 11 is 2.91. The molecule has 1 aliphatic rings. The second-order valence-corrected chi connectivity index (χ2v) is 7.25. The SMILES string of the molecule is Fc1ccccc1SCCSc1nnc(-c2ccc3c(c2)OCO3)o1. The number of thioether (sulfide) groups is 2. The Labute approximate surface area is 151 Å². The molecule has 5 nitrogen and oxygen atoms in total. The summed E-state index contributed by atoms with van der Waals surface area (Å²) in [5, 5.41) is 8.59. The van der Waals surface area contributed by atoms with E-state index in [4.69, 9.17) is 13.9 Å². The zero-order chi connectivity index (χ0) is 17.1. The van der Waals surface area contributed by atoms with Crippen molar-refractivity contribution in [1.82, 2.24) is 10.2 Å². The number of benzene rings is 2. The van der Waals surface area contributed by atoms with E-state index in [-0.39, 0.29) is 12.6 Å². The quantitative estimate of drug-likeness (QED) is 0.464. The minimum absolute atomic E-state index is 0.194. The molecule has 128 valence electrons. The van der Waals surface area contributed by atoms with Gasteiger partial charge in [0.05, 0.1) is 0 Å². The smallest absolute Gasteiger partial charge is 0.276 e. The molecule has 4 rings (SSSR count). The topological polar surface area (TPSA) is 57.4 Å². The van der Waals surface area contributed by atoms with Gasteiger partial charge in [-0.3, -0.25) is 0 Å². The van der Waals surface area contributed by atoms with Crippen LogP contribution in [0.5, 0.6) is 11.5 Å². The molecule has 8 heteroatoms. The van der Waals surface area contributed by atoms with Crippen LogP contribution in [0.15, 0.2) is 57.0 Å². The molecule has 25 heavy (non-hydrogen) atoms. The molecular weight excluding hydrogens is 363 g/mol. The van der Waals surface area contributed by atoms with E-state index in [1.54, 1.807) is 12.1 Å². The average molecular weight is 376 g/mol. The van der Waals surface area contributed by atoms with Gasteiger partial charge in [-0.1, -0.05) is 23.9 Å². The second kappa shape index (κ2) is 7.37. The van der Waals surface area contributed by atoms with Crippen LogP contribution in [0.25, 0.3) is 11.5 Å². The molecule has 0 saturated carbocycles. The number of rotatable bonds is 6. The molecule has 0 amide bonds. The largest absolute Gasteiger partial charge is 0.454 e. The van der Waals surface area contributed by atoms with E-state index in [1.165, 1.54) is 29.6 Å². The maximum Gasteiger partial charge on any atom is 0.276 e. The lowest BCUT2D eigenvalue weighted by molar-refractivity contribution is 0.174. The third kappa shape index (κ3) is 3.74. The molecule has 1 aliphatic heterocycles. The minimum atomic E-state index is -0.194. The highest BCUT2D eigenvalue weighted by Crippen LogP contribution is 2.36. The van der Waals surface area contributed by atoms with Crippen molar-refractivity contribution in [2.45, 2.75) is 10.1 Å². The number of fused-ring (bicyclic) bond motifs is 1. The summed E-state index contributed by atoms with van der Waals surface area (Å²) in [7, 11) is 0. The monoisotopic (exact) mass is 376 g/mol. The molecular formula is C17H13FN2O3S2. The fourth-order valence-corrected chi connectivity index (χ4v) is 3.94. The maximum atomic E-state index is 13.5. The summed E-state index contributed by atoms with van der Waals surface area (Å²) in [6.45, 7) is 0.226. The number of aromatic nitrogens is 2. The van der Waals surface area contributed by atoms with E-state index in [0.29, 0.717) is 27.5 Å². The number of hydrogen-bond acceptors (Lipinski definition) is 7. The van der Waals surface area contributed by atoms with Gasteiger partial charge in [-0.25, -0.2) is 4.39 Å². The minimum Gasteiger partial charge on any atom is -0.454 e. The summed E-state index contributed by atoms with van der Waals surface area (Å²) in [4.78, 5) is 0.648. The van der Waals surface area contributed by atoms with Crippen LogP contribution in [-0.4, -0.2) is 28.5 Å². The predicted molar refractivity (Wildman–Crippen MR) is 93.7 cm³/mol. The highest BCUT2D eigenvalue weighted by Gasteiger charge is 2.16. The first kappa shape index (κ1) is 16.3. The Morgan fingerprint density at radius 1 is 0.960 bits per heavy atom. The van der Waals surface area contributed by atoms with Crippen LogP contribution < -0.4 is 9.47 Å². The van der Waals surface area contributed by atoms with Crippen molar-refractivity contribution >= 4 is 23.5 Å². The van der Waals surface area contributed by atoms with Gasteiger partial charge in [0, 0.05) is 22.0 Å². The van der Waals surface area contributed by atoms with Crippen LogP contribution in [0.1, 0.15) is 0 Å². The van der Waals surface area contributed by atoms with E-state index < -0.39 is 0 Å². The molecule has 0 bridgehead atoms. The van der Waals surface area contributed by atoms with Crippen LogP contribution in [0, 0.1) is 5.82 Å². The lowest BCUT2D eigenvalue weighted by atomic mass is 10.2. The number of hydrogen-bond donors (Lipinski definition) is 0. The van der Waals surface area contributed by atoms with Crippen LogP contribution in [0.2, 0.25) is 0 Å². The lowest BCUT2D eigenvalue weighted by Crippen LogP contribution is -1.92. The third-order valence-electron chi connectivity index (χ3n) is 3.43. The molecule has 0 fully saturated rings. The summed E-state index contributed by atoms with van der Waals surface area (Å²) in [5.41, 5.74) is 0.782. The molecule has 0 saturated heterocycles. The van der Waals surface area contributed by atoms with E-state index in [2.05, 4.69) is 10.2 Å². The Morgan fingerprint density at radius 3 is 2.72 bits per heavy atom. The van der Waals surface area contributed by atoms with Crippen LogP contribution >= 0.6 is 23.5 Å². The van der Waals surface area contributed by atoms with E-state index in [1.807, 2.05) is 24.3 Å². The molecule has 0 unspecified atom stereocenters. The van der Waals surface area contributed by atoms with Crippen molar-refractivity contribution < 1.29 is 18.3 Å². The molecule has 0 atom stereocenters. The van der Waals surface area contributed by atoms with Crippen molar-refractivity contribution in [3.05, 3.63) is 48.3 Å². The Morgan fingerprint density at radius 2 is 1.80 bits per heavy atom. The normalized spacial score (nSPS) is 12.5. The average Bonchev–Trinajstić information content (AvgIpc) is 3.28. The summed E-state index contributed by atoms with van der Waals surface area (Å²) in [5.74, 6) is 3.10. The van der Waals surface area contributed by atoms with Gasteiger partial charge in [-0.05, 0) is 30.3 Å². The maximum absolute atomic E-state index is 13.5. The van der Waals surface area contributed by atoms with Gasteiger partial charge in [-0.15, -0.1) is 22.0 Å². The first-order valence-electron chi connectivity index (χ1n) is 7.53. The predicted octanol–water partition coefficient (Wildman–Crippen LogP) is 4.49. The van der Waals surface area contributed by atoms with E-state index in [9.17, 15) is 4.39 Å². The third-order valence-corrected chi connectivity index (χ3v) is 5.56. The van der Waals surface area contributed by atoms with Gasteiger partial charge >= 0.3 is 0 Å². The summed E-state index contributed by atoms with van der Waals surface area (Å²) in [6, 6.07) is 12.2. The van der Waals surface area contributed by atoms with Gasteiger partial charge in [0.25, 0.3) is 5.22 Å². The molecule has 0 N–H and O–H groups in total. The van der Waals surface area contributed by atoms with Crippen molar-refractivity contribution in [3.8, 4) is 23.0 Å². The van der Waals surface area contributed by atoms with Gasteiger partial charge in [0.15, 0.2) is 11.5 Å². The lowest BCUT2D eigenvalue weighted by Gasteiger charge is -2.01. The van der Waals surface area contributed by atoms with Crippen LogP contribution in [-0.2, 0) is 0 Å². The van der Waals surface area contributed by atoms with E-state index >= 15 is 0 Å². The highest BCUT2D eigenvalue weighted by atomic mass is 32.2. The van der Waals surface area contributed by atoms with Crippen LogP contribution in [0.3, 0.4) is 0 Å². The molecule has 2 aromatic carbocycles. The Hall–Kier alpha value is -2.19. The second-order valence-electron chi connectivity index (χ2n) is 5.07. The van der Waals surface area contributed by atoms with Crippen molar-refractivity contribution in [2.24, 2.45) is 0 Å². The zero-order valence-electron chi connectivity index (χ0n) is 13.0. The number of ether oxygens (including phenoxy) is 2. The molecule has 0 radical (unpaired) electrons. The number of halogens is 1. The van der Waals surface area contributed by atoms with Gasteiger partial charge in [0.1, 0.15) is 5.82 Å². The number of nitrogens with zero attached hydrogens (tertiary/aromatic N) is 2. The molecule has 1 aromatic heterocycles. The van der Waals surface area contributed by atoms with Gasteiger partial charge < -0.3 is 13.9 Å². The molecule has 0 aliphatic carbocycles.